The zero-order chi connectivity index (χ0) is 20.2. The van der Waals surface area contributed by atoms with Crippen LogP contribution in [-0.2, 0) is 13.1 Å². The summed E-state index contributed by atoms with van der Waals surface area (Å²) < 4.78 is 2.20. The largest absolute Gasteiger partial charge is 0.507 e. The van der Waals surface area contributed by atoms with Crippen molar-refractivity contribution in [2.45, 2.75) is 26.4 Å². The Labute approximate surface area is 163 Å². The van der Waals surface area contributed by atoms with Crippen molar-refractivity contribution in [3.63, 3.8) is 0 Å². The first kappa shape index (κ1) is 18.5. The molecule has 146 valence electrons. The number of fused-ring (bicyclic) bond motifs is 5. The van der Waals surface area contributed by atoms with Crippen molar-refractivity contribution in [1.29, 1.82) is 0 Å². The lowest BCUT2D eigenvalue weighted by Gasteiger charge is -2.12. The molecular formula is C22H25N3O3. The molecule has 6 nitrogen and oxygen atoms in total. The first-order valence-electron chi connectivity index (χ1n) is 9.51. The second-order valence-corrected chi connectivity index (χ2v) is 7.90. The molecule has 0 fully saturated rings. The van der Waals surface area contributed by atoms with Gasteiger partial charge in [0.1, 0.15) is 5.75 Å². The summed E-state index contributed by atoms with van der Waals surface area (Å²) in [7, 11) is 5.90. The summed E-state index contributed by atoms with van der Waals surface area (Å²) in [6.45, 7) is 3.75. The molecule has 0 radical (unpaired) electrons. The Kier molecular flexibility index (Phi) is 4.38. The number of phenols is 1. The Bertz CT molecular complexity index is 1130. The number of aryl methyl sites for hydroxylation is 1. The molecule has 1 aliphatic rings. The van der Waals surface area contributed by atoms with E-state index in [9.17, 15) is 14.7 Å². The number of aromatic nitrogens is 1. The van der Waals surface area contributed by atoms with Gasteiger partial charge in [0.2, 0.25) is 0 Å². The number of phenolic OH excluding ortho intramolecular Hbond substituents is 1. The third-order valence-electron chi connectivity index (χ3n) is 5.59. The highest BCUT2D eigenvalue weighted by Gasteiger charge is 2.29. The lowest BCUT2D eigenvalue weighted by molar-refractivity contribution is 0.0816. The van der Waals surface area contributed by atoms with Gasteiger partial charge in [0.05, 0.1) is 11.1 Å². The Morgan fingerprint density at radius 3 is 2.64 bits per heavy atom. The minimum atomic E-state index is -0.173. The van der Waals surface area contributed by atoms with Crippen LogP contribution in [0.15, 0.2) is 24.3 Å². The van der Waals surface area contributed by atoms with Crippen LogP contribution >= 0.6 is 0 Å². The summed E-state index contributed by atoms with van der Waals surface area (Å²) >= 11 is 0. The maximum Gasteiger partial charge on any atom is 0.254 e. The van der Waals surface area contributed by atoms with Crippen LogP contribution in [0.25, 0.3) is 21.8 Å². The lowest BCUT2D eigenvalue weighted by atomic mass is 10.0. The van der Waals surface area contributed by atoms with Gasteiger partial charge in [-0.2, -0.15) is 0 Å². The average molecular weight is 379 g/mol. The van der Waals surface area contributed by atoms with Crippen molar-refractivity contribution in [3.05, 3.63) is 41.0 Å². The fourth-order valence-corrected chi connectivity index (χ4v) is 4.24. The van der Waals surface area contributed by atoms with E-state index in [1.54, 1.807) is 24.1 Å². The van der Waals surface area contributed by atoms with E-state index >= 15 is 0 Å². The Hall–Kier alpha value is -2.86. The lowest BCUT2D eigenvalue weighted by Crippen LogP contribution is -2.17. The van der Waals surface area contributed by atoms with E-state index in [1.807, 2.05) is 26.2 Å². The maximum atomic E-state index is 12.5. The van der Waals surface area contributed by atoms with Crippen molar-refractivity contribution >= 4 is 33.5 Å². The predicted octanol–water partition coefficient (Wildman–Crippen LogP) is 3.24. The fourth-order valence-electron chi connectivity index (χ4n) is 4.24. The van der Waals surface area contributed by atoms with Crippen molar-refractivity contribution in [1.82, 2.24) is 14.4 Å². The van der Waals surface area contributed by atoms with Gasteiger partial charge in [0.25, 0.3) is 5.91 Å². The number of carbonyl (C=O) groups excluding carboxylic acids is 2. The predicted molar refractivity (Wildman–Crippen MR) is 110 cm³/mol. The Morgan fingerprint density at radius 2 is 1.96 bits per heavy atom. The van der Waals surface area contributed by atoms with Crippen LogP contribution < -0.4 is 0 Å². The molecular weight excluding hydrogens is 354 g/mol. The molecule has 0 bridgehead atoms. The van der Waals surface area contributed by atoms with Crippen LogP contribution in [0.1, 0.15) is 39.6 Å². The Balaban J connectivity index is 2.02. The summed E-state index contributed by atoms with van der Waals surface area (Å²) in [5.74, 6) is -0.147. The minimum absolute atomic E-state index is 0.00139. The summed E-state index contributed by atoms with van der Waals surface area (Å²) in [5.41, 5.74) is 3.97. The molecule has 1 N–H and O–H groups in total. The van der Waals surface area contributed by atoms with Crippen molar-refractivity contribution in [3.8, 4) is 5.75 Å². The number of aromatic hydroxyl groups is 1. The Morgan fingerprint density at radius 1 is 1.21 bits per heavy atom. The topological polar surface area (TPSA) is 65.8 Å². The van der Waals surface area contributed by atoms with E-state index in [-0.39, 0.29) is 17.4 Å². The van der Waals surface area contributed by atoms with Gasteiger partial charge in [-0.1, -0.05) is 0 Å². The monoisotopic (exact) mass is 379 g/mol. The van der Waals surface area contributed by atoms with Gasteiger partial charge < -0.3 is 19.5 Å². The number of amides is 1. The number of benzene rings is 2. The van der Waals surface area contributed by atoms with Crippen LogP contribution in [-0.4, -0.2) is 58.9 Å². The van der Waals surface area contributed by atoms with E-state index in [2.05, 4.69) is 9.47 Å². The number of ketones is 1. The van der Waals surface area contributed by atoms with Gasteiger partial charge in [0.15, 0.2) is 5.78 Å². The molecule has 3 aromatic rings. The number of carbonyl (C=O) groups is 2. The minimum Gasteiger partial charge on any atom is -0.507 e. The zero-order valence-corrected chi connectivity index (χ0v) is 16.7. The standard InChI is InChI=1S/C22H25N3O3/c1-13(26)15-10-16-19(11-20(15)27)25(9-5-8-23(2)3)18-7-6-14-17(21(16)18)12-24(4)22(14)28/h6-7,10-11,27H,5,8-9,12H2,1-4H3. The second kappa shape index (κ2) is 6.63. The normalized spacial score (nSPS) is 13.9. The molecule has 2 aromatic carbocycles. The van der Waals surface area contributed by atoms with Crippen molar-refractivity contribution in [2.75, 3.05) is 27.7 Å². The number of hydrogen-bond acceptors (Lipinski definition) is 4. The molecule has 0 saturated carbocycles. The van der Waals surface area contributed by atoms with Crippen LogP contribution in [0.5, 0.6) is 5.75 Å². The van der Waals surface area contributed by atoms with E-state index in [0.717, 1.165) is 52.4 Å². The highest BCUT2D eigenvalue weighted by molar-refractivity contribution is 6.16. The smallest absolute Gasteiger partial charge is 0.254 e. The first-order valence-corrected chi connectivity index (χ1v) is 9.51. The van der Waals surface area contributed by atoms with Crippen LogP contribution in [0.4, 0.5) is 0 Å². The molecule has 0 saturated heterocycles. The zero-order valence-electron chi connectivity index (χ0n) is 16.7. The fraction of sp³-hybridized carbons (Fsp3) is 0.364. The third-order valence-corrected chi connectivity index (χ3v) is 5.59. The molecule has 1 aromatic heterocycles. The molecule has 6 heteroatoms. The summed E-state index contributed by atoms with van der Waals surface area (Å²) in [5, 5.41) is 12.3. The van der Waals surface area contributed by atoms with E-state index < -0.39 is 0 Å². The van der Waals surface area contributed by atoms with Crippen LogP contribution in [0.2, 0.25) is 0 Å². The van der Waals surface area contributed by atoms with Crippen molar-refractivity contribution < 1.29 is 14.7 Å². The quantitative estimate of drug-likeness (QED) is 0.691. The van der Waals surface area contributed by atoms with E-state index in [0.29, 0.717) is 12.1 Å². The van der Waals surface area contributed by atoms with Gasteiger partial charge in [-0.05, 0) is 57.7 Å². The van der Waals surface area contributed by atoms with Gasteiger partial charge in [-0.15, -0.1) is 0 Å². The molecule has 0 atom stereocenters. The highest BCUT2D eigenvalue weighted by Crippen LogP contribution is 2.39. The van der Waals surface area contributed by atoms with E-state index in [4.69, 9.17) is 0 Å². The highest BCUT2D eigenvalue weighted by atomic mass is 16.3. The van der Waals surface area contributed by atoms with E-state index in [1.165, 1.54) is 6.92 Å². The molecule has 0 aliphatic carbocycles. The molecule has 1 amide bonds. The van der Waals surface area contributed by atoms with Gasteiger partial charge in [-0.25, -0.2) is 0 Å². The molecule has 1 aliphatic heterocycles. The number of hydrogen-bond donors (Lipinski definition) is 1. The van der Waals surface area contributed by atoms with Gasteiger partial charge >= 0.3 is 0 Å². The number of rotatable bonds is 5. The number of Topliss-reactive ketones (excluding diaryl/α,β-unsaturated/α-hetero) is 1. The van der Waals surface area contributed by atoms with Gasteiger partial charge in [0, 0.05) is 48.1 Å². The van der Waals surface area contributed by atoms with Gasteiger partial charge in [-0.3, -0.25) is 9.59 Å². The van der Waals surface area contributed by atoms with Crippen LogP contribution in [0, 0.1) is 0 Å². The molecule has 28 heavy (non-hydrogen) atoms. The second-order valence-electron chi connectivity index (χ2n) is 7.90. The molecule has 2 heterocycles. The van der Waals surface area contributed by atoms with Crippen LogP contribution in [0.3, 0.4) is 0 Å². The first-order chi connectivity index (χ1) is 13.3. The molecule has 0 unspecified atom stereocenters. The molecule has 0 spiro atoms. The summed E-state index contributed by atoms with van der Waals surface area (Å²) in [6.07, 6.45) is 0.955. The third kappa shape index (κ3) is 2.76. The molecule has 4 rings (SSSR count). The summed E-state index contributed by atoms with van der Waals surface area (Å²) in [6, 6.07) is 7.36. The summed E-state index contributed by atoms with van der Waals surface area (Å²) in [4.78, 5) is 28.3. The number of nitrogens with zero attached hydrogens (tertiary/aromatic N) is 3. The van der Waals surface area contributed by atoms with Crippen molar-refractivity contribution in [2.24, 2.45) is 0 Å². The average Bonchev–Trinajstić information content (AvgIpc) is 3.08. The SMILES string of the molecule is CC(=O)c1cc2c3c4c(ccc3n(CCCN(C)C)c2cc1O)C(=O)N(C)C4. The maximum absolute atomic E-state index is 12.5.